The lowest BCUT2D eigenvalue weighted by Crippen LogP contribution is -2.24. The lowest BCUT2D eigenvalue weighted by Gasteiger charge is -2.23. The molecule has 1 aromatic carbocycles. The van der Waals surface area contributed by atoms with E-state index in [0.29, 0.717) is 21.3 Å². The highest BCUT2D eigenvalue weighted by Gasteiger charge is 2.32. The molecule has 1 unspecified atom stereocenters. The maximum atomic E-state index is 13.9. The highest BCUT2D eigenvalue weighted by atomic mass is 79.9. The molecule has 0 spiro atoms. The highest BCUT2D eigenvalue weighted by molar-refractivity contribution is 9.10. The average molecular weight is 519 g/mol. The number of halogens is 5. The Kier molecular flexibility index (Phi) is 6.68. The second-order valence-electron chi connectivity index (χ2n) is 7.69. The van der Waals surface area contributed by atoms with Crippen molar-refractivity contribution >= 4 is 26.9 Å². The van der Waals surface area contributed by atoms with Crippen molar-refractivity contribution in [3.05, 3.63) is 64.3 Å². The molecule has 5 nitrogen and oxygen atoms in total. The normalized spacial score (nSPS) is 13.4. The third-order valence-electron chi connectivity index (χ3n) is 4.30. The topological polar surface area (TPSA) is 59.8 Å². The Morgan fingerprint density at radius 1 is 1.13 bits per heavy atom. The number of hydrogen-bond acceptors (Lipinski definition) is 3. The van der Waals surface area contributed by atoms with Gasteiger partial charge in [-0.15, -0.1) is 0 Å². The van der Waals surface area contributed by atoms with Crippen LogP contribution >= 0.6 is 15.9 Å². The van der Waals surface area contributed by atoms with Gasteiger partial charge in [-0.05, 0) is 51.1 Å². The van der Waals surface area contributed by atoms with E-state index in [1.165, 1.54) is 12.1 Å². The quantitative estimate of drug-likeness (QED) is 0.458. The summed E-state index contributed by atoms with van der Waals surface area (Å²) in [5, 5.41) is 4.42. The van der Waals surface area contributed by atoms with Gasteiger partial charge in [0.1, 0.15) is 22.5 Å². The summed E-state index contributed by atoms with van der Waals surface area (Å²) in [6.45, 7) is 5.92. The summed E-state index contributed by atoms with van der Waals surface area (Å²) in [5.74, 6) is -0.418. The summed E-state index contributed by atoms with van der Waals surface area (Å²) in [6.07, 6.45) is -2.05. The van der Waals surface area contributed by atoms with Gasteiger partial charge in [0, 0.05) is 28.3 Å². The fourth-order valence-corrected chi connectivity index (χ4v) is 4.10. The van der Waals surface area contributed by atoms with Crippen LogP contribution in [0.1, 0.15) is 32.0 Å². The van der Waals surface area contributed by atoms with Gasteiger partial charge in [0.05, 0.1) is 22.3 Å². The SMILES string of the molecule is CC(C)(C)n1ncc(CNS(=O)c2ccc(C(F)(F)F)nc2)c1-c1cc(F)ccc1Br. The molecule has 2 aromatic heterocycles. The molecule has 0 bridgehead atoms. The number of hydrogen-bond donors (Lipinski definition) is 1. The standard InChI is InChI=1S/C20H19BrF4N4OS/c1-19(2,3)29-18(15-8-13(22)4-6-16(15)21)12(9-27-29)10-28-31(30)14-5-7-17(26-11-14)20(23,24)25/h4-9,11,28H,10H2,1-3H3. The third kappa shape index (κ3) is 5.39. The van der Waals surface area contributed by atoms with Crippen LogP contribution in [0.5, 0.6) is 0 Å². The van der Waals surface area contributed by atoms with Crippen molar-refractivity contribution in [2.24, 2.45) is 0 Å². The zero-order valence-corrected chi connectivity index (χ0v) is 19.2. The molecule has 0 aliphatic carbocycles. The number of alkyl halides is 3. The van der Waals surface area contributed by atoms with Crippen LogP contribution < -0.4 is 4.72 Å². The van der Waals surface area contributed by atoms with E-state index in [2.05, 4.69) is 30.7 Å². The Morgan fingerprint density at radius 2 is 1.84 bits per heavy atom. The lowest BCUT2D eigenvalue weighted by atomic mass is 10.0. The minimum absolute atomic E-state index is 0.0853. The summed E-state index contributed by atoms with van der Waals surface area (Å²) < 4.78 is 69.6. The van der Waals surface area contributed by atoms with E-state index in [1.807, 2.05) is 20.8 Å². The van der Waals surface area contributed by atoms with Gasteiger partial charge < -0.3 is 0 Å². The van der Waals surface area contributed by atoms with Crippen molar-refractivity contribution < 1.29 is 21.8 Å². The molecule has 0 radical (unpaired) electrons. The van der Waals surface area contributed by atoms with Gasteiger partial charge >= 0.3 is 6.18 Å². The van der Waals surface area contributed by atoms with Gasteiger partial charge in [0.15, 0.2) is 0 Å². The van der Waals surface area contributed by atoms with Crippen LogP contribution in [0.3, 0.4) is 0 Å². The Balaban J connectivity index is 1.89. The molecular weight excluding hydrogens is 500 g/mol. The van der Waals surface area contributed by atoms with Crippen molar-refractivity contribution in [3.8, 4) is 11.3 Å². The smallest absolute Gasteiger partial charge is 0.259 e. The van der Waals surface area contributed by atoms with Crippen LogP contribution in [0.4, 0.5) is 17.6 Å². The van der Waals surface area contributed by atoms with Crippen molar-refractivity contribution in [2.75, 3.05) is 0 Å². The van der Waals surface area contributed by atoms with E-state index in [4.69, 9.17) is 0 Å². The predicted molar refractivity (Wildman–Crippen MR) is 113 cm³/mol. The van der Waals surface area contributed by atoms with Gasteiger partial charge in [0.2, 0.25) is 0 Å². The molecular formula is C20H19BrF4N4OS. The number of nitrogens with one attached hydrogen (secondary N) is 1. The van der Waals surface area contributed by atoms with Gasteiger partial charge in [-0.3, -0.25) is 9.67 Å². The molecule has 1 atom stereocenters. The maximum Gasteiger partial charge on any atom is 0.433 e. The lowest BCUT2D eigenvalue weighted by molar-refractivity contribution is -0.141. The molecule has 2 heterocycles. The Bertz CT molecular complexity index is 1110. The zero-order chi connectivity index (χ0) is 23.0. The van der Waals surface area contributed by atoms with Crippen molar-refractivity contribution in [1.82, 2.24) is 19.5 Å². The van der Waals surface area contributed by atoms with E-state index >= 15 is 0 Å². The molecule has 0 fully saturated rings. The highest BCUT2D eigenvalue weighted by Crippen LogP contribution is 2.34. The first-order valence-electron chi connectivity index (χ1n) is 9.09. The molecule has 0 aliphatic rings. The first-order chi connectivity index (χ1) is 14.4. The first kappa shape index (κ1) is 23.6. The molecule has 0 saturated carbocycles. The van der Waals surface area contributed by atoms with Crippen LogP contribution in [-0.4, -0.2) is 19.0 Å². The van der Waals surface area contributed by atoms with E-state index in [9.17, 15) is 21.8 Å². The fourth-order valence-electron chi connectivity index (χ4n) is 2.87. The van der Waals surface area contributed by atoms with Crippen molar-refractivity contribution in [2.45, 2.75) is 43.9 Å². The van der Waals surface area contributed by atoms with E-state index in [-0.39, 0.29) is 11.4 Å². The molecule has 11 heteroatoms. The molecule has 0 amide bonds. The minimum Gasteiger partial charge on any atom is -0.259 e. The molecule has 0 saturated heterocycles. The molecule has 31 heavy (non-hydrogen) atoms. The van der Waals surface area contributed by atoms with Gasteiger partial charge in [-0.1, -0.05) is 15.9 Å². The Labute approximate surface area is 187 Å². The first-order valence-corrected chi connectivity index (χ1v) is 11.0. The van der Waals surface area contributed by atoms with Crippen molar-refractivity contribution in [1.29, 1.82) is 0 Å². The molecule has 166 valence electrons. The predicted octanol–water partition coefficient (Wildman–Crippen LogP) is 5.43. The zero-order valence-electron chi connectivity index (χ0n) is 16.8. The summed E-state index contributed by atoms with van der Waals surface area (Å²) in [4.78, 5) is 3.43. The molecule has 3 aromatic rings. The molecule has 1 N–H and O–H groups in total. The fraction of sp³-hybridized carbons (Fsp3) is 0.300. The van der Waals surface area contributed by atoms with Gasteiger partial charge in [0.25, 0.3) is 0 Å². The van der Waals surface area contributed by atoms with Crippen LogP contribution in [0, 0.1) is 5.82 Å². The number of rotatable bonds is 5. The summed E-state index contributed by atoms with van der Waals surface area (Å²) in [7, 11) is -1.81. The van der Waals surface area contributed by atoms with E-state index < -0.39 is 34.2 Å². The second kappa shape index (κ2) is 8.79. The summed E-state index contributed by atoms with van der Waals surface area (Å²) in [5.41, 5.74) is 0.378. The monoisotopic (exact) mass is 518 g/mol. The summed E-state index contributed by atoms with van der Waals surface area (Å²) >= 11 is 3.44. The average Bonchev–Trinajstić information content (AvgIpc) is 3.11. The van der Waals surface area contributed by atoms with Gasteiger partial charge in [-0.2, -0.15) is 18.3 Å². The maximum absolute atomic E-state index is 13.9. The largest absolute Gasteiger partial charge is 0.433 e. The Morgan fingerprint density at radius 3 is 2.42 bits per heavy atom. The van der Waals surface area contributed by atoms with Crippen LogP contribution in [0.2, 0.25) is 0 Å². The third-order valence-corrected chi connectivity index (χ3v) is 6.07. The second-order valence-corrected chi connectivity index (χ2v) is 9.84. The van der Waals surface area contributed by atoms with E-state index in [0.717, 1.165) is 18.3 Å². The number of benzene rings is 1. The summed E-state index contributed by atoms with van der Waals surface area (Å²) in [6, 6.07) is 6.19. The molecule has 3 rings (SSSR count). The minimum atomic E-state index is -4.57. The van der Waals surface area contributed by atoms with Crippen LogP contribution in [-0.2, 0) is 29.2 Å². The van der Waals surface area contributed by atoms with Crippen molar-refractivity contribution in [3.63, 3.8) is 0 Å². The number of nitrogens with zero attached hydrogens (tertiary/aromatic N) is 3. The van der Waals surface area contributed by atoms with Crippen LogP contribution in [0.25, 0.3) is 11.3 Å². The van der Waals surface area contributed by atoms with E-state index in [1.54, 1.807) is 16.9 Å². The number of aromatic nitrogens is 3. The number of pyridine rings is 1. The van der Waals surface area contributed by atoms with Gasteiger partial charge in [-0.25, -0.2) is 13.3 Å². The Hall–Kier alpha value is -2.11. The molecule has 0 aliphatic heterocycles. The van der Waals surface area contributed by atoms with Crippen LogP contribution in [0.15, 0.2) is 52.1 Å².